The average Bonchev–Trinajstić information content (AvgIpc) is 3.21. The minimum Gasteiger partial charge on any atom is -0.395 e. The number of aromatic nitrogens is 2. The summed E-state index contributed by atoms with van der Waals surface area (Å²) < 4.78 is 32.3. The Morgan fingerprint density at radius 3 is 2.69 bits per heavy atom. The monoisotopic (exact) mass is 531 g/mol. The molecular formula is C29H29F2N6O2+. The number of hydrogen-bond donors (Lipinski definition) is 1. The summed E-state index contributed by atoms with van der Waals surface area (Å²) in [6.07, 6.45) is 5.29. The molecule has 0 bridgehead atoms. The second kappa shape index (κ2) is 10.1. The molecule has 2 aliphatic heterocycles. The van der Waals surface area contributed by atoms with Gasteiger partial charge < -0.3 is 15.2 Å². The maximum absolute atomic E-state index is 15.1. The van der Waals surface area contributed by atoms with E-state index >= 15 is 4.39 Å². The van der Waals surface area contributed by atoms with E-state index in [0.29, 0.717) is 53.9 Å². The van der Waals surface area contributed by atoms with Crippen molar-refractivity contribution in [2.45, 2.75) is 19.9 Å². The third kappa shape index (κ3) is 4.80. The first kappa shape index (κ1) is 26.2. The lowest BCUT2D eigenvalue weighted by molar-refractivity contribution is -0.353. The van der Waals surface area contributed by atoms with Gasteiger partial charge in [-0.25, -0.2) is 14.2 Å². The number of hydrogen-bond acceptors (Lipinski definition) is 5. The molecule has 200 valence electrons. The van der Waals surface area contributed by atoms with Crippen LogP contribution < -0.4 is 5.73 Å². The molecule has 5 rings (SSSR count). The van der Waals surface area contributed by atoms with E-state index in [1.807, 2.05) is 30.7 Å². The van der Waals surface area contributed by atoms with E-state index in [1.165, 1.54) is 11.0 Å². The summed E-state index contributed by atoms with van der Waals surface area (Å²) in [5, 5.41) is 0.691. The number of allylic oxidation sites excluding steroid dienone is 1. The van der Waals surface area contributed by atoms with Crippen LogP contribution in [-0.2, 0) is 18.4 Å². The van der Waals surface area contributed by atoms with E-state index in [4.69, 9.17) is 5.73 Å². The third-order valence-corrected chi connectivity index (χ3v) is 7.15. The van der Waals surface area contributed by atoms with Crippen molar-refractivity contribution in [1.29, 1.82) is 0 Å². The largest absolute Gasteiger partial charge is 0.429 e. The van der Waals surface area contributed by atoms with Gasteiger partial charge >= 0.3 is 5.91 Å². The second-order valence-corrected chi connectivity index (χ2v) is 10.0. The number of amides is 2. The molecule has 0 atom stereocenters. The predicted molar refractivity (Wildman–Crippen MR) is 145 cm³/mol. The number of benzene rings is 1. The van der Waals surface area contributed by atoms with E-state index in [1.54, 1.807) is 32.4 Å². The first-order chi connectivity index (χ1) is 18.5. The Labute approximate surface area is 224 Å². The van der Waals surface area contributed by atoms with E-state index in [-0.39, 0.29) is 11.6 Å². The smallest absolute Gasteiger partial charge is 0.395 e. The first-order valence-electron chi connectivity index (χ1n) is 12.5. The van der Waals surface area contributed by atoms with Crippen molar-refractivity contribution in [3.63, 3.8) is 0 Å². The Bertz CT molecular complexity index is 1650. The lowest BCUT2D eigenvalue weighted by Gasteiger charge is -2.27. The maximum Gasteiger partial charge on any atom is 0.429 e. The maximum atomic E-state index is 15.1. The topological polar surface area (TPSA) is 87.5 Å². The highest BCUT2D eigenvalue weighted by Crippen LogP contribution is 2.31. The van der Waals surface area contributed by atoms with Gasteiger partial charge in [0, 0.05) is 69.9 Å². The van der Waals surface area contributed by atoms with Crippen molar-refractivity contribution in [2.75, 3.05) is 27.2 Å². The summed E-state index contributed by atoms with van der Waals surface area (Å²) in [5.41, 5.74) is 9.90. The van der Waals surface area contributed by atoms with Gasteiger partial charge in [-0.05, 0) is 42.7 Å². The molecule has 0 saturated carbocycles. The molecule has 0 radical (unpaired) electrons. The van der Waals surface area contributed by atoms with Gasteiger partial charge in [0.25, 0.3) is 11.7 Å². The number of carbonyl (C=O) groups excluding carboxylic acids is 2. The van der Waals surface area contributed by atoms with E-state index in [0.717, 1.165) is 27.5 Å². The van der Waals surface area contributed by atoms with Crippen LogP contribution in [0, 0.1) is 12.7 Å². The Balaban J connectivity index is 1.39. The van der Waals surface area contributed by atoms with Gasteiger partial charge in [-0.1, -0.05) is 10.7 Å². The summed E-state index contributed by atoms with van der Waals surface area (Å²) >= 11 is 0. The van der Waals surface area contributed by atoms with E-state index < -0.39 is 17.6 Å². The zero-order chi connectivity index (χ0) is 28.0. The van der Waals surface area contributed by atoms with Gasteiger partial charge in [0.15, 0.2) is 0 Å². The molecule has 0 aliphatic carbocycles. The molecule has 4 heterocycles. The normalized spacial score (nSPS) is 16.1. The van der Waals surface area contributed by atoms with Gasteiger partial charge in [-0.3, -0.25) is 9.69 Å². The lowest BCUT2D eigenvalue weighted by atomic mass is 9.93. The summed E-state index contributed by atoms with van der Waals surface area (Å²) in [4.78, 5) is 32.9. The standard InChI is InChI=1S/C29H28F2N6O2/c1-17-11-19(29(39)34(2)3)12-22(30)27(17)18-6-9-36(10-7-18)15-20-13-21-25(5-8-33-28(21)35(20)4)37-16-23(31)24(32)14-26(37)38/h5-6,8,11-14H,7,9-10,15H2,1-4H3,(H-,32,38)/p+1. The summed E-state index contributed by atoms with van der Waals surface area (Å²) in [7, 11) is 5.18. The van der Waals surface area contributed by atoms with Gasteiger partial charge in [0.05, 0.1) is 17.2 Å². The van der Waals surface area contributed by atoms with Crippen molar-refractivity contribution in [1.82, 2.24) is 19.4 Å². The van der Waals surface area contributed by atoms with Crippen LogP contribution in [0.25, 0.3) is 16.6 Å². The van der Waals surface area contributed by atoms with Crippen LogP contribution in [0.4, 0.5) is 14.5 Å². The fourth-order valence-electron chi connectivity index (χ4n) is 5.11. The molecule has 0 unspecified atom stereocenters. The number of carbonyl (C=O) groups is 2. The fraction of sp³-hybridized carbons (Fsp3) is 0.276. The highest BCUT2D eigenvalue weighted by molar-refractivity contribution is 5.95. The summed E-state index contributed by atoms with van der Waals surface area (Å²) in [6, 6.07) is 6.64. The van der Waals surface area contributed by atoms with Gasteiger partial charge in [0.1, 0.15) is 11.5 Å². The summed E-state index contributed by atoms with van der Waals surface area (Å²) in [6.45, 7) is 3.75. The van der Waals surface area contributed by atoms with Crippen molar-refractivity contribution in [3.8, 4) is 0 Å². The van der Waals surface area contributed by atoms with Crippen molar-refractivity contribution in [3.05, 3.63) is 82.3 Å². The third-order valence-electron chi connectivity index (χ3n) is 7.15. The molecule has 10 heteroatoms. The lowest BCUT2D eigenvalue weighted by Crippen LogP contribution is -2.29. The minimum absolute atomic E-state index is 0.232. The molecule has 3 aromatic rings. The average molecular weight is 532 g/mol. The number of rotatable bonds is 5. The predicted octanol–water partition coefficient (Wildman–Crippen LogP) is 3.56. The molecule has 0 fully saturated rings. The molecule has 1 aromatic carbocycles. The Hall–Kier alpha value is -4.40. The first-order valence-corrected chi connectivity index (χ1v) is 12.5. The highest BCUT2D eigenvalue weighted by Gasteiger charge is 2.29. The van der Waals surface area contributed by atoms with Crippen LogP contribution in [0.3, 0.4) is 0 Å². The molecule has 0 spiro atoms. The quantitative estimate of drug-likeness (QED) is 0.509. The van der Waals surface area contributed by atoms with Crippen molar-refractivity contribution in [2.24, 2.45) is 12.8 Å². The van der Waals surface area contributed by atoms with Gasteiger partial charge in [0.2, 0.25) is 11.6 Å². The Morgan fingerprint density at radius 2 is 2.03 bits per heavy atom. The zero-order valence-corrected chi connectivity index (χ0v) is 22.3. The molecule has 8 nitrogen and oxygen atoms in total. The second-order valence-electron chi connectivity index (χ2n) is 10.0. The number of nitrogens with two attached hydrogens (primary N) is 1. The van der Waals surface area contributed by atoms with Crippen LogP contribution in [-0.4, -0.2) is 68.8 Å². The van der Waals surface area contributed by atoms with Crippen molar-refractivity contribution < 1.29 is 22.9 Å². The number of nitrogens with zero attached hydrogens (tertiary/aromatic N) is 5. The Morgan fingerprint density at radius 1 is 1.26 bits per heavy atom. The molecule has 0 saturated heterocycles. The SMILES string of the molecule is Cc1cc(C(=O)N(C)C)cc(F)c1C1=CCN(Cc2cc3c([N+]4=C=C(F)C(N)=CC4=O)ccnc3n2C)CC1. The molecule has 2 aromatic heterocycles. The van der Waals surface area contributed by atoms with Crippen LogP contribution in [0.2, 0.25) is 0 Å². The van der Waals surface area contributed by atoms with Crippen LogP contribution >= 0.6 is 0 Å². The molecule has 39 heavy (non-hydrogen) atoms. The molecular weight excluding hydrogens is 502 g/mol. The highest BCUT2D eigenvalue weighted by atomic mass is 19.1. The Kier molecular flexibility index (Phi) is 6.76. The van der Waals surface area contributed by atoms with E-state index in [9.17, 15) is 14.0 Å². The van der Waals surface area contributed by atoms with E-state index in [2.05, 4.69) is 15.8 Å². The molecule has 2 amide bonds. The molecule has 2 N–H and O–H groups in total. The number of fused-ring (bicyclic) bond motifs is 1. The minimum atomic E-state index is -0.794. The van der Waals surface area contributed by atoms with Gasteiger partial charge in [-0.15, -0.1) is 0 Å². The number of aryl methyl sites for hydroxylation is 2. The number of halogens is 2. The molecule has 2 aliphatic rings. The van der Waals surface area contributed by atoms with Crippen LogP contribution in [0.5, 0.6) is 0 Å². The van der Waals surface area contributed by atoms with Crippen LogP contribution in [0.1, 0.15) is 33.6 Å². The van der Waals surface area contributed by atoms with Gasteiger partial charge in [-0.2, -0.15) is 4.39 Å². The fourth-order valence-corrected chi connectivity index (χ4v) is 5.11. The van der Waals surface area contributed by atoms with Crippen LogP contribution in [0.15, 0.2) is 54.1 Å². The number of pyridine rings is 1. The zero-order valence-electron chi connectivity index (χ0n) is 22.3. The van der Waals surface area contributed by atoms with Crippen molar-refractivity contribution >= 4 is 40.0 Å². The summed E-state index contributed by atoms with van der Waals surface area (Å²) in [5.74, 6) is 0.512.